The van der Waals surface area contributed by atoms with Crippen LogP contribution in [0.25, 0.3) is 24.3 Å². The molecule has 0 aromatic carbocycles. The average molecular weight is 294 g/mol. The highest BCUT2D eigenvalue weighted by molar-refractivity contribution is 5.66. The van der Waals surface area contributed by atoms with Crippen molar-refractivity contribution in [3.05, 3.63) is 46.3 Å². The highest BCUT2D eigenvalue weighted by Crippen LogP contribution is 2.22. The van der Waals surface area contributed by atoms with Gasteiger partial charge >= 0.3 is 0 Å². The molecule has 3 aliphatic carbocycles. The first-order valence-corrected chi connectivity index (χ1v) is 8.67. The lowest BCUT2D eigenvalue weighted by Crippen LogP contribution is -2.20. The van der Waals surface area contributed by atoms with Crippen LogP contribution >= 0.6 is 0 Å². The maximum absolute atomic E-state index is 5.82. The van der Waals surface area contributed by atoms with Crippen molar-refractivity contribution in [2.45, 2.75) is 51.9 Å². The number of furan rings is 1. The Bertz CT molecular complexity index is 691. The van der Waals surface area contributed by atoms with Gasteiger partial charge in [-0.3, -0.25) is 0 Å². The molecule has 1 heterocycles. The Hall–Kier alpha value is -1.76. The summed E-state index contributed by atoms with van der Waals surface area (Å²) in [6.07, 6.45) is 26.4. The molecular weight excluding hydrogens is 268 g/mol. The molecule has 1 fully saturated rings. The van der Waals surface area contributed by atoms with Gasteiger partial charge in [-0.05, 0) is 30.9 Å². The van der Waals surface area contributed by atoms with Crippen LogP contribution in [-0.2, 0) is 0 Å². The molecule has 4 rings (SSSR count). The summed E-state index contributed by atoms with van der Waals surface area (Å²) >= 11 is 0. The standard InChI is InChI=1S/C14H12O.C7H14/c1-3-7-11-12-8-4-2-6-10-14(12)15-13(11)9-5-1;1-7-5-3-2-4-6-7/h1,3-4,6-10H,2,5H2;7H,2-6H2,1H3. The van der Waals surface area contributed by atoms with Gasteiger partial charge in [0.1, 0.15) is 11.2 Å². The van der Waals surface area contributed by atoms with Crippen molar-refractivity contribution >= 4 is 24.3 Å². The van der Waals surface area contributed by atoms with Crippen molar-refractivity contribution in [3.63, 3.8) is 0 Å². The van der Waals surface area contributed by atoms with Crippen molar-refractivity contribution in [1.82, 2.24) is 0 Å². The molecule has 1 saturated carbocycles. The van der Waals surface area contributed by atoms with Crippen LogP contribution in [0.15, 0.2) is 28.7 Å². The second-order valence-corrected chi connectivity index (χ2v) is 6.48. The van der Waals surface area contributed by atoms with Gasteiger partial charge in [0.05, 0.1) is 0 Å². The average Bonchev–Trinajstić information content (AvgIpc) is 2.74. The Balaban J connectivity index is 0.000000174. The van der Waals surface area contributed by atoms with Gasteiger partial charge < -0.3 is 4.42 Å². The van der Waals surface area contributed by atoms with E-state index in [0.717, 1.165) is 29.9 Å². The van der Waals surface area contributed by atoms with E-state index in [9.17, 15) is 0 Å². The van der Waals surface area contributed by atoms with Gasteiger partial charge in [-0.25, -0.2) is 0 Å². The van der Waals surface area contributed by atoms with Gasteiger partial charge in [-0.2, -0.15) is 0 Å². The number of hydrogen-bond donors (Lipinski definition) is 0. The lowest BCUT2D eigenvalue weighted by Gasteiger charge is -2.15. The topological polar surface area (TPSA) is 13.1 Å². The summed E-state index contributed by atoms with van der Waals surface area (Å²) in [5.41, 5.74) is 2.21. The Kier molecular flexibility index (Phi) is 5.15. The molecule has 0 radical (unpaired) electrons. The van der Waals surface area contributed by atoms with E-state index in [1.807, 2.05) is 0 Å². The quantitative estimate of drug-likeness (QED) is 0.669. The highest BCUT2D eigenvalue weighted by Gasteiger charge is 2.08. The van der Waals surface area contributed by atoms with Gasteiger partial charge in [0.2, 0.25) is 0 Å². The smallest absolute Gasteiger partial charge is 0.135 e. The summed E-state index contributed by atoms with van der Waals surface area (Å²) in [6, 6.07) is 0. The van der Waals surface area contributed by atoms with Crippen LogP contribution in [0.4, 0.5) is 0 Å². The summed E-state index contributed by atoms with van der Waals surface area (Å²) in [7, 11) is 0. The van der Waals surface area contributed by atoms with Crippen molar-refractivity contribution < 1.29 is 4.42 Å². The van der Waals surface area contributed by atoms with E-state index < -0.39 is 0 Å². The van der Waals surface area contributed by atoms with Gasteiger partial charge in [0.15, 0.2) is 0 Å². The van der Waals surface area contributed by atoms with Crippen LogP contribution in [0.2, 0.25) is 0 Å². The molecule has 3 aliphatic rings. The predicted octanol–water partition coefficient (Wildman–Crippen LogP) is 4.82. The summed E-state index contributed by atoms with van der Waals surface area (Å²) in [4.78, 5) is 0. The fourth-order valence-electron chi connectivity index (χ4n) is 3.28. The molecule has 0 unspecified atom stereocenters. The van der Waals surface area contributed by atoms with E-state index in [2.05, 4.69) is 55.5 Å². The van der Waals surface area contributed by atoms with Crippen molar-refractivity contribution in [1.29, 1.82) is 0 Å². The molecule has 22 heavy (non-hydrogen) atoms. The van der Waals surface area contributed by atoms with E-state index in [4.69, 9.17) is 4.42 Å². The Labute approximate surface area is 133 Å². The summed E-state index contributed by atoms with van der Waals surface area (Å²) in [6.45, 7) is 2.36. The first-order valence-electron chi connectivity index (χ1n) is 8.67. The third kappa shape index (κ3) is 3.71. The first kappa shape index (κ1) is 15.1. The molecular formula is C21H26O. The molecule has 1 aromatic rings. The molecule has 0 N–H and O–H groups in total. The molecule has 0 saturated heterocycles. The normalized spacial score (nSPS) is 19.7. The van der Waals surface area contributed by atoms with Crippen LogP contribution in [0, 0.1) is 5.92 Å². The van der Waals surface area contributed by atoms with Gasteiger partial charge in [-0.15, -0.1) is 0 Å². The monoisotopic (exact) mass is 294 g/mol. The summed E-state index contributed by atoms with van der Waals surface area (Å²) in [5.74, 6) is 2.02. The molecule has 116 valence electrons. The fraction of sp³-hybridized carbons (Fsp3) is 0.429. The van der Waals surface area contributed by atoms with Crippen LogP contribution in [0.3, 0.4) is 0 Å². The number of fused-ring (bicyclic) bond motifs is 3. The summed E-state index contributed by atoms with van der Waals surface area (Å²) in [5, 5.41) is 1.21. The van der Waals surface area contributed by atoms with Crippen LogP contribution < -0.4 is 10.6 Å². The van der Waals surface area contributed by atoms with E-state index in [1.165, 1.54) is 42.9 Å². The second kappa shape index (κ2) is 7.49. The van der Waals surface area contributed by atoms with Crippen LogP contribution in [-0.4, -0.2) is 0 Å². The zero-order valence-electron chi connectivity index (χ0n) is 13.6. The Morgan fingerprint density at radius 1 is 0.955 bits per heavy atom. The van der Waals surface area contributed by atoms with Crippen molar-refractivity contribution in [2.75, 3.05) is 0 Å². The first-order chi connectivity index (χ1) is 10.8. The molecule has 0 amide bonds. The van der Waals surface area contributed by atoms with Crippen molar-refractivity contribution in [2.24, 2.45) is 5.92 Å². The second-order valence-electron chi connectivity index (χ2n) is 6.48. The summed E-state index contributed by atoms with van der Waals surface area (Å²) < 4.78 is 5.82. The van der Waals surface area contributed by atoms with E-state index in [1.54, 1.807) is 0 Å². The number of allylic oxidation sites excluding steroid dienone is 4. The van der Waals surface area contributed by atoms with Gasteiger partial charge in [0, 0.05) is 10.8 Å². The van der Waals surface area contributed by atoms with Gasteiger partial charge in [0.25, 0.3) is 0 Å². The Morgan fingerprint density at radius 2 is 1.77 bits per heavy atom. The molecule has 0 bridgehead atoms. The number of rotatable bonds is 0. The SMILES string of the molecule is C1=CCC=c2oc3c(c2=C1)C=CCC=C3.CC1CCCCC1. The zero-order chi connectivity index (χ0) is 15.2. The third-order valence-electron chi connectivity index (χ3n) is 4.60. The zero-order valence-corrected chi connectivity index (χ0v) is 13.6. The maximum Gasteiger partial charge on any atom is 0.135 e. The molecule has 0 atom stereocenters. The minimum absolute atomic E-state index is 0.948. The minimum Gasteiger partial charge on any atom is -0.456 e. The lowest BCUT2D eigenvalue weighted by molar-refractivity contribution is 0.385. The Morgan fingerprint density at radius 3 is 2.55 bits per heavy atom. The van der Waals surface area contributed by atoms with E-state index in [-0.39, 0.29) is 0 Å². The van der Waals surface area contributed by atoms with Gasteiger partial charge in [-0.1, -0.05) is 75.5 Å². The lowest BCUT2D eigenvalue weighted by atomic mass is 9.91. The molecule has 0 spiro atoms. The highest BCUT2D eigenvalue weighted by atomic mass is 16.3. The van der Waals surface area contributed by atoms with Crippen LogP contribution in [0.1, 0.15) is 63.2 Å². The molecule has 0 aliphatic heterocycles. The predicted molar refractivity (Wildman–Crippen MR) is 95.6 cm³/mol. The largest absolute Gasteiger partial charge is 0.456 e. The van der Waals surface area contributed by atoms with Crippen molar-refractivity contribution in [3.8, 4) is 0 Å². The van der Waals surface area contributed by atoms with E-state index in [0.29, 0.717) is 0 Å². The molecule has 1 nitrogen and oxygen atoms in total. The number of hydrogen-bond acceptors (Lipinski definition) is 1. The molecule has 1 aromatic heterocycles. The van der Waals surface area contributed by atoms with Crippen LogP contribution in [0.5, 0.6) is 0 Å². The third-order valence-corrected chi connectivity index (χ3v) is 4.60. The van der Waals surface area contributed by atoms with E-state index >= 15 is 0 Å². The fourth-order valence-corrected chi connectivity index (χ4v) is 3.28. The maximum atomic E-state index is 5.82. The molecule has 1 heteroatoms. The minimum atomic E-state index is 0.948.